The Bertz CT molecular complexity index is 446. The zero-order valence-corrected chi connectivity index (χ0v) is 13.6. The Balaban J connectivity index is 1.66. The van der Waals surface area contributed by atoms with Gasteiger partial charge < -0.3 is 5.73 Å². The fourth-order valence-corrected chi connectivity index (χ4v) is 4.08. The monoisotopic (exact) mass is 286 g/mol. The van der Waals surface area contributed by atoms with Gasteiger partial charge in [0.25, 0.3) is 0 Å². The maximum atomic E-state index is 6.72. The summed E-state index contributed by atoms with van der Waals surface area (Å²) in [5, 5.41) is 0. The SMILES string of the molecule is CC(C)(C(N)C1CC1c1ccccc1)N1CCCCCC1. The van der Waals surface area contributed by atoms with E-state index in [1.807, 2.05) is 0 Å². The lowest BCUT2D eigenvalue weighted by molar-refractivity contribution is 0.0896. The van der Waals surface area contributed by atoms with Crippen molar-refractivity contribution in [3.63, 3.8) is 0 Å². The van der Waals surface area contributed by atoms with Crippen molar-refractivity contribution in [1.82, 2.24) is 4.90 Å². The number of nitrogens with zero attached hydrogens (tertiary/aromatic N) is 1. The molecule has 2 heteroatoms. The molecule has 2 N–H and O–H groups in total. The fraction of sp³-hybridized carbons (Fsp3) is 0.684. The summed E-state index contributed by atoms with van der Waals surface area (Å²) in [7, 11) is 0. The molecule has 1 saturated carbocycles. The molecule has 21 heavy (non-hydrogen) atoms. The quantitative estimate of drug-likeness (QED) is 0.913. The first-order valence-corrected chi connectivity index (χ1v) is 8.66. The zero-order chi connectivity index (χ0) is 14.9. The Morgan fingerprint density at radius 1 is 1.05 bits per heavy atom. The van der Waals surface area contributed by atoms with E-state index in [0.717, 1.165) is 0 Å². The Kier molecular flexibility index (Phi) is 4.37. The molecule has 0 aromatic heterocycles. The van der Waals surface area contributed by atoms with Gasteiger partial charge in [0.1, 0.15) is 0 Å². The van der Waals surface area contributed by atoms with Crippen LogP contribution in [0.1, 0.15) is 57.4 Å². The molecule has 1 aliphatic carbocycles. The smallest absolute Gasteiger partial charge is 0.0307 e. The van der Waals surface area contributed by atoms with E-state index in [1.165, 1.54) is 50.8 Å². The molecule has 116 valence electrons. The van der Waals surface area contributed by atoms with Gasteiger partial charge in [-0.3, -0.25) is 4.90 Å². The van der Waals surface area contributed by atoms with Crippen molar-refractivity contribution < 1.29 is 0 Å². The van der Waals surface area contributed by atoms with Crippen molar-refractivity contribution >= 4 is 0 Å². The molecule has 1 heterocycles. The van der Waals surface area contributed by atoms with Gasteiger partial charge in [-0.1, -0.05) is 43.2 Å². The minimum atomic E-state index is 0.124. The molecule has 0 bridgehead atoms. The molecule has 1 aromatic carbocycles. The van der Waals surface area contributed by atoms with Crippen molar-refractivity contribution in [3.05, 3.63) is 35.9 Å². The van der Waals surface area contributed by atoms with Crippen LogP contribution in [0.2, 0.25) is 0 Å². The van der Waals surface area contributed by atoms with E-state index in [4.69, 9.17) is 5.73 Å². The molecule has 0 amide bonds. The summed E-state index contributed by atoms with van der Waals surface area (Å²) in [6, 6.07) is 11.2. The van der Waals surface area contributed by atoms with Gasteiger partial charge in [0, 0.05) is 11.6 Å². The maximum Gasteiger partial charge on any atom is 0.0307 e. The molecular formula is C19H30N2. The average molecular weight is 286 g/mol. The zero-order valence-electron chi connectivity index (χ0n) is 13.6. The number of hydrogen-bond donors (Lipinski definition) is 1. The van der Waals surface area contributed by atoms with Gasteiger partial charge in [0.05, 0.1) is 0 Å². The van der Waals surface area contributed by atoms with Crippen LogP contribution in [0.3, 0.4) is 0 Å². The lowest BCUT2D eigenvalue weighted by Gasteiger charge is -2.43. The summed E-state index contributed by atoms with van der Waals surface area (Å²) in [5.41, 5.74) is 8.32. The number of nitrogens with two attached hydrogens (primary N) is 1. The highest BCUT2D eigenvalue weighted by Crippen LogP contribution is 2.51. The maximum absolute atomic E-state index is 6.72. The number of likely N-dealkylation sites (tertiary alicyclic amines) is 1. The van der Waals surface area contributed by atoms with Gasteiger partial charge in [-0.2, -0.15) is 0 Å². The Morgan fingerprint density at radius 3 is 2.29 bits per heavy atom. The Morgan fingerprint density at radius 2 is 1.67 bits per heavy atom. The third kappa shape index (κ3) is 3.17. The molecule has 2 nitrogen and oxygen atoms in total. The van der Waals surface area contributed by atoms with E-state index < -0.39 is 0 Å². The second-order valence-corrected chi connectivity index (χ2v) is 7.50. The summed E-state index contributed by atoms with van der Waals surface area (Å²) in [6.07, 6.45) is 6.71. The first-order valence-electron chi connectivity index (χ1n) is 8.66. The third-order valence-electron chi connectivity index (χ3n) is 5.77. The van der Waals surface area contributed by atoms with E-state index in [0.29, 0.717) is 11.8 Å². The van der Waals surface area contributed by atoms with Crippen LogP contribution in [-0.4, -0.2) is 29.6 Å². The first kappa shape index (κ1) is 15.1. The minimum Gasteiger partial charge on any atom is -0.326 e. The van der Waals surface area contributed by atoms with Crippen molar-refractivity contribution in [3.8, 4) is 0 Å². The van der Waals surface area contributed by atoms with Gasteiger partial charge in [0.15, 0.2) is 0 Å². The number of hydrogen-bond acceptors (Lipinski definition) is 2. The second-order valence-electron chi connectivity index (χ2n) is 7.50. The standard InChI is InChI=1S/C19H30N2/c1-19(2,21-12-8-3-4-9-13-21)18(20)17-14-16(17)15-10-6-5-7-11-15/h5-7,10-11,16-18H,3-4,8-9,12-14,20H2,1-2H3. The molecule has 0 spiro atoms. The topological polar surface area (TPSA) is 29.3 Å². The minimum absolute atomic E-state index is 0.124. The highest BCUT2D eigenvalue weighted by atomic mass is 15.2. The van der Waals surface area contributed by atoms with Crippen LogP contribution in [0.4, 0.5) is 0 Å². The molecule has 1 aromatic rings. The van der Waals surface area contributed by atoms with E-state index in [9.17, 15) is 0 Å². The molecule has 3 atom stereocenters. The van der Waals surface area contributed by atoms with Crippen LogP contribution < -0.4 is 5.73 Å². The van der Waals surface area contributed by atoms with E-state index >= 15 is 0 Å². The van der Waals surface area contributed by atoms with Gasteiger partial charge in [-0.25, -0.2) is 0 Å². The van der Waals surface area contributed by atoms with Crippen LogP contribution in [-0.2, 0) is 0 Å². The van der Waals surface area contributed by atoms with Crippen LogP contribution >= 0.6 is 0 Å². The van der Waals surface area contributed by atoms with Crippen LogP contribution in [0, 0.1) is 5.92 Å². The molecule has 3 unspecified atom stereocenters. The van der Waals surface area contributed by atoms with Gasteiger partial charge >= 0.3 is 0 Å². The van der Waals surface area contributed by atoms with Crippen molar-refractivity contribution in [2.45, 2.75) is 63.5 Å². The predicted molar refractivity (Wildman–Crippen MR) is 89.4 cm³/mol. The van der Waals surface area contributed by atoms with Gasteiger partial charge in [-0.15, -0.1) is 0 Å². The average Bonchev–Trinajstić information content (AvgIpc) is 3.31. The molecule has 2 aliphatic rings. The van der Waals surface area contributed by atoms with Crippen molar-refractivity contribution in [2.75, 3.05) is 13.1 Å². The molecule has 3 rings (SSSR count). The lowest BCUT2D eigenvalue weighted by atomic mass is 9.87. The summed E-state index contributed by atoms with van der Waals surface area (Å²) in [4.78, 5) is 2.66. The molecule has 1 aliphatic heterocycles. The molecular weight excluding hydrogens is 256 g/mol. The Hall–Kier alpha value is -0.860. The predicted octanol–water partition coefficient (Wildman–Crippen LogP) is 3.77. The largest absolute Gasteiger partial charge is 0.326 e. The summed E-state index contributed by atoms with van der Waals surface area (Å²) in [6.45, 7) is 7.18. The van der Waals surface area contributed by atoms with E-state index in [2.05, 4.69) is 49.1 Å². The van der Waals surface area contributed by atoms with Crippen LogP contribution in [0.25, 0.3) is 0 Å². The van der Waals surface area contributed by atoms with Gasteiger partial charge in [-0.05, 0) is 63.6 Å². The fourth-order valence-electron chi connectivity index (χ4n) is 4.08. The molecule has 0 radical (unpaired) electrons. The second kappa shape index (κ2) is 6.10. The van der Waals surface area contributed by atoms with Crippen molar-refractivity contribution in [2.24, 2.45) is 11.7 Å². The van der Waals surface area contributed by atoms with Gasteiger partial charge in [0.2, 0.25) is 0 Å². The third-order valence-corrected chi connectivity index (χ3v) is 5.77. The normalized spacial score (nSPS) is 28.9. The highest BCUT2D eigenvalue weighted by Gasteiger charge is 2.49. The molecule has 2 fully saturated rings. The first-order chi connectivity index (χ1) is 10.1. The summed E-state index contributed by atoms with van der Waals surface area (Å²) in [5.74, 6) is 1.35. The number of rotatable bonds is 4. The molecule has 1 saturated heterocycles. The lowest BCUT2D eigenvalue weighted by Crippen LogP contribution is -2.57. The Labute approximate surface area is 129 Å². The summed E-state index contributed by atoms with van der Waals surface area (Å²) < 4.78 is 0. The van der Waals surface area contributed by atoms with E-state index in [1.54, 1.807) is 0 Å². The van der Waals surface area contributed by atoms with Crippen LogP contribution in [0.15, 0.2) is 30.3 Å². The summed E-state index contributed by atoms with van der Waals surface area (Å²) >= 11 is 0. The van der Waals surface area contributed by atoms with Crippen LogP contribution in [0.5, 0.6) is 0 Å². The van der Waals surface area contributed by atoms with E-state index in [-0.39, 0.29) is 11.6 Å². The highest BCUT2D eigenvalue weighted by molar-refractivity contribution is 5.27. The number of benzene rings is 1. The van der Waals surface area contributed by atoms with Crippen molar-refractivity contribution in [1.29, 1.82) is 0 Å².